The molecule has 3 saturated heterocycles. The highest BCUT2D eigenvalue weighted by molar-refractivity contribution is 4.97. The van der Waals surface area contributed by atoms with E-state index in [1.165, 1.54) is 12.8 Å². The smallest absolute Gasteiger partial charge is 0.0734 e. The van der Waals surface area contributed by atoms with Crippen LogP contribution in [0.15, 0.2) is 0 Å². The predicted molar refractivity (Wildman–Crippen MR) is 73.2 cm³/mol. The lowest BCUT2D eigenvalue weighted by Gasteiger charge is -2.49. The molecule has 0 bridgehead atoms. The van der Waals surface area contributed by atoms with E-state index in [0.29, 0.717) is 12.6 Å². The lowest BCUT2D eigenvalue weighted by Crippen LogP contribution is -2.55. The van der Waals surface area contributed by atoms with E-state index in [4.69, 9.17) is 9.47 Å². The first kappa shape index (κ1) is 13.8. The number of rotatable bonds is 1. The van der Waals surface area contributed by atoms with Gasteiger partial charge >= 0.3 is 0 Å². The third-order valence-corrected chi connectivity index (χ3v) is 5.17. The number of ether oxygens (including phenoxy) is 2. The zero-order valence-electron chi connectivity index (χ0n) is 12.1. The Hall–Kier alpha value is -0.160. The second-order valence-electron chi connectivity index (χ2n) is 6.83. The average Bonchev–Trinajstić information content (AvgIpc) is 2.39. The van der Waals surface area contributed by atoms with Gasteiger partial charge in [0.05, 0.1) is 17.8 Å². The van der Waals surface area contributed by atoms with Crippen LogP contribution in [-0.2, 0) is 9.47 Å². The number of hydrogen-bond donors (Lipinski definition) is 1. The largest absolute Gasteiger partial charge is 0.390 e. The monoisotopic (exact) mass is 269 g/mol. The summed E-state index contributed by atoms with van der Waals surface area (Å²) in [5, 5.41) is 10.3. The van der Waals surface area contributed by atoms with E-state index in [0.717, 1.165) is 52.0 Å². The van der Waals surface area contributed by atoms with Crippen LogP contribution in [0.1, 0.15) is 45.4 Å². The van der Waals surface area contributed by atoms with Crippen LogP contribution in [0, 0.1) is 0 Å². The fourth-order valence-corrected chi connectivity index (χ4v) is 3.99. The predicted octanol–water partition coefficient (Wildman–Crippen LogP) is 1.56. The molecule has 3 aliphatic rings. The van der Waals surface area contributed by atoms with Crippen molar-refractivity contribution in [3.63, 3.8) is 0 Å². The average molecular weight is 269 g/mol. The van der Waals surface area contributed by atoms with Crippen molar-refractivity contribution < 1.29 is 14.6 Å². The molecular formula is C15H27NO3. The Labute approximate surface area is 116 Å². The standard InChI is InChI=1S/C15H27NO3/c1-14(17)6-11-19-15(12-14)4-7-16(8-5-15)13-2-9-18-10-3-13/h13,17H,2-12H2,1H3. The van der Waals surface area contributed by atoms with Gasteiger partial charge in [-0.2, -0.15) is 0 Å². The van der Waals surface area contributed by atoms with Crippen molar-refractivity contribution in [3.05, 3.63) is 0 Å². The molecule has 0 aliphatic carbocycles. The van der Waals surface area contributed by atoms with E-state index < -0.39 is 5.60 Å². The van der Waals surface area contributed by atoms with Crippen molar-refractivity contribution in [1.29, 1.82) is 0 Å². The molecule has 4 nitrogen and oxygen atoms in total. The van der Waals surface area contributed by atoms with Gasteiger partial charge in [-0.25, -0.2) is 0 Å². The normalized spacial score (nSPS) is 37.6. The molecule has 110 valence electrons. The SMILES string of the molecule is CC1(O)CCOC2(CCN(C3CCOCC3)CC2)C1. The number of piperidine rings is 1. The van der Waals surface area contributed by atoms with E-state index in [1.807, 2.05) is 6.92 Å². The number of likely N-dealkylation sites (tertiary alicyclic amines) is 1. The van der Waals surface area contributed by atoms with Crippen LogP contribution in [0.2, 0.25) is 0 Å². The van der Waals surface area contributed by atoms with Gasteiger partial charge in [-0.15, -0.1) is 0 Å². The van der Waals surface area contributed by atoms with Gasteiger partial charge < -0.3 is 14.6 Å². The lowest BCUT2D eigenvalue weighted by atomic mass is 9.77. The van der Waals surface area contributed by atoms with Crippen LogP contribution in [0.4, 0.5) is 0 Å². The van der Waals surface area contributed by atoms with Gasteiger partial charge in [-0.1, -0.05) is 0 Å². The molecule has 0 aromatic heterocycles. The maximum atomic E-state index is 10.3. The van der Waals surface area contributed by atoms with Gasteiger partial charge in [0.15, 0.2) is 0 Å². The number of hydrogen-bond acceptors (Lipinski definition) is 4. The summed E-state index contributed by atoms with van der Waals surface area (Å²) in [5.41, 5.74) is -0.581. The maximum Gasteiger partial charge on any atom is 0.0734 e. The Morgan fingerprint density at radius 3 is 2.37 bits per heavy atom. The summed E-state index contributed by atoms with van der Waals surface area (Å²) < 4.78 is 11.5. The van der Waals surface area contributed by atoms with Crippen molar-refractivity contribution in [2.75, 3.05) is 32.9 Å². The van der Waals surface area contributed by atoms with Gasteiger partial charge in [0.25, 0.3) is 0 Å². The van der Waals surface area contributed by atoms with Gasteiger partial charge in [0.1, 0.15) is 0 Å². The van der Waals surface area contributed by atoms with Crippen molar-refractivity contribution in [2.24, 2.45) is 0 Å². The van der Waals surface area contributed by atoms with Crippen molar-refractivity contribution in [2.45, 2.75) is 62.7 Å². The Morgan fingerprint density at radius 1 is 1.05 bits per heavy atom. The highest BCUT2D eigenvalue weighted by Gasteiger charge is 2.45. The first-order valence-electron chi connectivity index (χ1n) is 7.77. The summed E-state index contributed by atoms with van der Waals surface area (Å²) >= 11 is 0. The molecule has 0 saturated carbocycles. The summed E-state index contributed by atoms with van der Waals surface area (Å²) in [6, 6.07) is 0.704. The Morgan fingerprint density at radius 2 is 1.74 bits per heavy atom. The first-order valence-corrected chi connectivity index (χ1v) is 7.77. The molecule has 3 heterocycles. The van der Waals surface area contributed by atoms with E-state index in [1.54, 1.807) is 0 Å². The molecule has 1 unspecified atom stereocenters. The minimum Gasteiger partial charge on any atom is -0.390 e. The molecule has 0 radical (unpaired) electrons. The molecule has 0 amide bonds. The fraction of sp³-hybridized carbons (Fsp3) is 1.00. The molecule has 1 atom stereocenters. The lowest BCUT2D eigenvalue weighted by molar-refractivity contribution is -0.176. The van der Waals surface area contributed by atoms with Gasteiger partial charge in [-0.3, -0.25) is 4.90 Å². The summed E-state index contributed by atoms with van der Waals surface area (Å²) in [6.07, 6.45) is 6.07. The van der Waals surface area contributed by atoms with Crippen LogP contribution in [-0.4, -0.2) is 60.2 Å². The Kier molecular flexibility index (Phi) is 3.87. The summed E-state index contributed by atoms with van der Waals surface area (Å²) in [6.45, 7) is 6.73. The number of aliphatic hydroxyl groups is 1. The fourth-order valence-electron chi connectivity index (χ4n) is 3.99. The van der Waals surface area contributed by atoms with Crippen LogP contribution < -0.4 is 0 Å². The third kappa shape index (κ3) is 3.13. The highest BCUT2D eigenvalue weighted by Crippen LogP contribution is 2.40. The quantitative estimate of drug-likeness (QED) is 0.784. The molecule has 1 spiro atoms. The van der Waals surface area contributed by atoms with Crippen LogP contribution >= 0.6 is 0 Å². The Balaban J connectivity index is 1.56. The molecule has 3 fully saturated rings. The van der Waals surface area contributed by atoms with Crippen molar-refractivity contribution in [1.82, 2.24) is 4.90 Å². The second kappa shape index (κ2) is 5.32. The van der Waals surface area contributed by atoms with Gasteiger partial charge in [0, 0.05) is 38.8 Å². The molecule has 3 rings (SSSR count). The molecule has 19 heavy (non-hydrogen) atoms. The number of nitrogens with zero attached hydrogens (tertiary/aromatic N) is 1. The van der Waals surface area contributed by atoms with Crippen LogP contribution in [0.5, 0.6) is 0 Å². The summed E-state index contributed by atoms with van der Waals surface area (Å²) in [7, 11) is 0. The van der Waals surface area contributed by atoms with Gasteiger partial charge in [-0.05, 0) is 39.0 Å². The molecule has 0 aromatic rings. The van der Waals surface area contributed by atoms with E-state index in [9.17, 15) is 5.11 Å². The molecule has 0 aromatic carbocycles. The van der Waals surface area contributed by atoms with Gasteiger partial charge in [0.2, 0.25) is 0 Å². The highest BCUT2D eigenvalue weighted by atomic mass is 16.5. The van der Waals surface area contributed by atoms with Crippen molar-refractivity contribution in [3.8, 4) is 0 Å². The maximum absolute atomic E-state index is 10.3. The second-order valence-corrected chi connectivity index (χ2v) is 6.83. The topological polar surface area (TPSA) is 41.9 Å². The minimum absolute atomic E-state index is 0.0522. The van der Waals surface area contributed by atoms with E-state index in [-0.39, 0.29) is 5.60 Å². The van der Waals surface area contributed by atoms with Crippen molar-refractivity contribution >= 4 is 0 Å². The minimum atomic E-state index is -0.529. The van der Waals surface area contributed by atoms with Crippen LogP contribution in [0.25, 0.3) is 0 Å². The molecular weight excluding hydrogens is 242 g/mol. The zero-order valence-corrected chi connectivity index (χ0v) is 12.1. The van der Waals surface area contributed by atoms with E-state index in [2.05, 4.69) is 4.90 Å². The summed E-state index contributed by atoms with van der Waals surface area (Å²) in [5.74, 6) is 0. The summed E-state index contributed by atoms with van der Waals surface area (Å²) in [4.78, 5) is 2.61. The first-order chi connectivity index (χ1) is 9.09. The van der Waals surface area contributed by atoms with E-state index >= 15 is 0 Å². The molecule has 3 aliphatic heterocycles. The molecule has 1 N–H and O–H groups in total. The zero-order chi connectivity index (χ0) is 13.3. The third-order valence-electron chi connectivity index (χ3n) is 5.17. The molecule has 4 heteroatoms. The Bertz CT molecular complexity index is 305. The van der Waals surface area contributed by atoms with Crippen LogP contribution in [0.3, 0.4) is 0 Å².